The number of rotatable bonds is 4. The normalized spacial score (nSPS) is 21.4. The second kappa shape index (κ2) is 7.09. The predicted octanol–water partition coefficient (Wildman–Crippen LogP) is 3.52. The van der Waals surface area contributed by atoms with Crippen LogP contribution in [0.3, 0.4) is 0 Å². The summed E-state index contributed by atoms with van der Waals surface area (Å²) in [7, 11) is 0. The Balaban J connectivity index is 1.41. The maximum absolute atomic E-state index is 12.3. The third kappa shape index (κ3) is 3.43. The van der Waals surface area contributed by atoms with Crippen molar-refractivity contribution >= 4 is 5.91 Å². The molecule has 2 aliphatic rings. The first kappa shape index (κ1) is 15.9. The molecule has 1 aliphatic carbocycles. The minimum Gasteiger partial charge on any atom is -0.487 e. The molecule has 2 atom stereocenters. The van der Waals surface area contributed by atoms with Crippen molar-refractivity contribution < 1.29 is 9.53 Å². The number of pyridine rings is 1. The van der Waals surface area contributed by atoms with Crippen molar-refractivity contribution in [1.82, 2.24) is 10.3 Å². The molecule has 1 N–H and O–H groups in total. The van der Waals surface area contributed by atoms with Gasteiger partial charge in [-0.15, -0.1) is 0 Å². The fraction of sp³-hybridized carbons (Fsp3) is 0.333. The molecule has 2 aromatic rings. The molecule has 0 saturated heterocycles. The average Bonchev–Trinajstić information content (AvgIpc) is 3.10. The molecule has 0 saturated carbocycles. The Kier molecular flexibility index (Phi) is 4.51. The van der Waals surface area contributed by atoms with E-state index in [1.165, 1.54) is 5.56 Å². The van der Waals surface area contributed by atoms with Gasteiger partial charge in [0.05, 0.1) is 6.54 Å². The number of carbonyl (C=O) groups excluding carboxylic acids is 1. The summed E-state index contributed by atoms with van der Waals surface area (Å²) < 4.78 is 6.17. The molecule has 1 amide bonds. The van der Waals surface area contributed by atoms with Crippen LogP contribution in [-0.4, -0.2) is 23.5 Å². The van der Waals surface area contributed by atoms with E-state index < -0.39 is 0 Å². The molecule has 1 aromatic carbocycles. The molecule has 4 rings (SSSR count). The van der Waals surface area contributed by atoms with Gasteiger partial charge in [-0.2, -0.15) is 0 Å². The van der Waals surface area contributed by atoms with Crippen LogP contribution in [0, 0.1) is 5.92 Å². The van der Waals surface area contributed by atoms with Crippen molar-refractivity contribution in [3.63, 3.8) is 0 Å². The van der Waals surface area contributed by atoms with Crippen molar-refractivity contribution in [1.29, 1.82) is 0 Å². The number of aromatic nitrogens is 1. The van der Waals surface area contributed by atoms with Gasteiger partial charge in [0.25, 0.3) is 0 Å². The lowest BCUT2D eigenvalue weighted by atomic mass is 9.93. The van der Waals surface area contributed by atoms with Gasteiger partial charge < -0.3 is 10.1 Å². The molecule has 128 valence electrons. The van der Waals surface area contributed by atoms with E-state index in [9.17, 15) is 4.79 Å². The van der Waals surface area contributed by atoms with Crippen molar-refractivity contribution in [3.8, 4) is 16.9 Å². The third-order valence-corrected chi connectivity index (χ3v) is 4.95. The Morgan fingerprint density at radius 3 is 3.00 bits per heavy atom. The molecule has 4 heteroatoms. The average molecular weight is 334 g/mol. The predicted molar refractivity (Wildman–Crippen MR) is 97.3 cm³/mol. The molecule has 0 bridgehead atoms. The number of carbonyl (C=O) groups is 1. The lowest BCUT2D eigenvalue weighted by molar-refractivity contribution is -0.125. The quantitative estimate of drug-likeness (QED) is 0.870. The minimum absolute atomic E-state index is 0.00379. The zero-order valence-corrected chi connectivity index (χ0v) is 14.2. The van der Waals surface area contributed by atoms with Gasteiger partial charge in [0, 0.05) is 35.9 Å². The summed E-state index contributed by atoms with van der Waals surface area (Å²) in [6.07, 6.45) is 11.5. The van der Waals surface area contributed by atoms with Crippen molar-refractivity contribution in [2.45, 2.75) is 31.8 Å². The van der Waals surface area contributed by atoms with E-state index in [1.54, 1.807) is 6.20 Å². The summed E-state index contributed by atoms with van der Waals surface area (Å²) in [5, 5.41) is 3.08. The highest BCUT2D eigenvalue weighted by Gasteiger charge is 2.27. The number of fused-ring (bicyclic) bond motifs is 1. The molecule has 25 heavy (non-hydrogen) atoms. The summed E-state index contributed by atoms with van der Waals surface area (Å²) in [6.45, 7) is 0.556. The van der Waals surface area contributed by atoms with Gasteiger partial charge in [0.1, 0.15) is 11.9 Å². The molecule has 0 spiro atoms. The van der Waals surface area contributed by atoms with Crippen LogP contribution in [0.25, 0.3) is 11.1 Å². The van der Waals surface area contributed by atoms with E-state index in [2.05, 4.69) is 40.7 Å². The number of amides is 1. The Bertz CT molecular complexity index is 786. The lowest BCUT2D eigenvalue weighted by Gasteiger charge is -2.19. The van der Waals surface area contributed by atoms with Gasteiger partial charge >= 0.3 is 0 Å². The standard InChI is InChI=1S/C21H22N2O2/c24-21(15-6-2-1-3-7-15)23-14-18-12-16-8-4-10-19(20(16)25-18)17-9-5-11-22-13-17/h1-2,4-5,8-11,13,15,18H,3,6-7,12,14H2,(H,23,24)/t15-,18+/m0/s1. The highest BCUT2D eigenvalue weighted by Crippen LogP contribution is 2.38. The number of allylic oxidation sites excluding steroid dienone is 2. The molecule has 1 aromatic heterocycles. The van der Waals surface area contributed by atoms with Crippen molar-refractivity contribution in [2.75, 3.05) is 6.54 Å². The molecule has 0 unspecified atom stereocenters. The second-order valence-electron chi connectivity index (χ2n) is 6.71. The first-order valence-electron chi connectivity index (χ1n) is 8.93. The largest absolute Gasteiger partial charge is 0.487 e. The number of para-hydroxylation sites is 1. The Labute approximate surface area is 147 Å². The van der Waals surface area contributed by atoms with Crippen LogP contribution in [-0.2, 0) is 11.2 Å². The molecule has 2 heterocycles. The zero-order valence-electron chi connectivity index (χ0n) is 14.2. The fourth-order valence-corrected chi connectivity index (χ4v) is 3.59. The minimum atomic E-state index is -0.00379. The maximum Gasteiger partial charge on any atom is 0.223 e. The molecular formula is C21H22N2O2. The Hall–Kier alpha value is -2.62. The molecule has 0 radical (unpaired) electrons. The van der Waals surface area contributed by atoms with Gasteiger partial charge in [-0.25, -0.2) is 0 Å². The fourth-order valence-electron chi connectivity index (χ4n) is 3.59. The first-order chi connectivity index (χ1) is 12.3. The van der Waals surface area contributed by atoms with Crippen LogP contribution < -0.4 is 10.1 Å². The first-order valence-corrected chi connectivity index (χ1v) is 8.93. The monoisotopic (exact) mass is 334 g/mol. The summed E-state index contributed by atoms with van der Waals surface area (Å²) in [5.41, 5.74) is 3.32. The van der Waals surface area contributed by atoms with E-state index in [-0.39, 0.29) is 17.9 Å². The van der Waals surface area contributed by atoms with Gasteiger partial charge in [-0.3, -0.25) is 9.78 Å². The zero-order chi connectivity index (χ0) is 17.1. The molecular weight excluding hydrogens is 312 g/mol. The summed E-state index contributed by atoms with van der Waals surface area (Å²) in [6, 6.07) is 10.2. The van der Waals surface area contributed by atoms with Gasteiger partial charge in [-0.05, 0) is 30.9 Å². The lowest BCUT2D eigenvalue weighted by Crippen LogP contribution is -2.38. The van der Waals surface area contributed by atoms with Crippen molar-refractivity contribution in [2.24, 2.45) is 5.92 Å². The number of ether oxygens (including phenoxy) is 1. The Morgan fingerprint density at radius 1 is 1.24 bits per heavy atom. The molecule has 1 aliphatic heterocycles. The van der Waals surface area contributed by atoms with Crippen LogP contribution >= 0.6 is 0 Å². The van der Waals surface area contributed by atoms with Gasteiger partial charge in [0.2, 0.25) is 5.91 Å². The van der Waals surface area contributed by atoms with E-state index in [4.69, 9.17) is 4.74 Å². The SMILES string of the molecule is O=C(NC[C@H]1Cc2cccc(-c3cccnc3)c2O1)[C@H]1CC=CCC1. The maximum atomic E-state index is 12.3. The highest BCUT2D eigenvalue weighted by molar-refractivity contribution is 5.79. The van der Waals surface area contributed by atoms with Crippen LogP contribution in [0.5, 0.6) is 5.75 Å². The highest BCUT2D eigenvalue weighted by atomic mass is 16.5. The van der Waals surface area contributed by atoms with Crippen LogP contribution in [0.2, 0.25) is 0 Å². The van der Waals surface area contributed by atoms with Crippen LogP contribution in [0.4, 0.5) is 0 Å². The smallest absolute Gasteiger partial charge is 0.223 e. The van der Waals surface area contributed by atoms with E-state index in [0.717, 1.165) is 42.6 Å². The Morgan fingerprint density at radius 2 is 2.20 bits per heavy atom. The summed E-state index contributed by atoms with van der Waals surface area (Å²) in [4.78, 5) is 16.5. The number of nitrogens with zero attached hydrogens (tertiary/aromatic N) is 1. The molecule has 4 nitrogen and oxygen atoms in total. The number of hydrogen-bond donors (Lipinski definition) is 1. The topological polar surface area (TPSA) is 51.2 Å². The van der Waals surface area contributed by atoms with Gasteiger partial charge in [-0.1, -0.05) is 36.4 Å². The third-order valence-electron chi connectivity index (χ3n) is 4.95. The van der Waals surface area contributed by atoms with Crippen molar-refractivity contribution in [3.05, 3.63) is 60.4 Å². The number of benzene rings is 1. The number of hydrogen-bond acceptors (Lipinski definition) is 3. The second-order valence-corrected chi connectivity index (χ2v) is 6.71. The number of nitrogens with one attached hydrogen (secondary N) is 1. The van der Waals surface area contributed by atoms with E-state index in [0.29, 0.717) is 6.54 Å². The summed E-state index contributed by atoms with van der Waals surface area (Å²) in [5.74, 6) is 1.19. The molecule has 0 fully saturated rings. The summed E-state index contributed by atoms with van der Waals surface area (Å²) >= 11 is 0. The van der Waals surface area contributed by atoms with Crippen LogP contribution in [0.1, 0.15) is 24.8 Å². The van der Waals surface area contributed by atoms with E-state index in [1.807, 2.05) is 18.3 Å². The van der Waals surface area contributed by atoms with Crippen LogP contribution in [0.15, 0.2) is 54.9 Å². The van der Waals surface area contributed by atoms with Gasteiger partial charge in [0.15, 0.2) is 0 Å². The van der Waals surface area contributed by atoms with E-state index >= 15 is 0 Å².